The maximum Gasteiger partial charge on any atom is 0.347 e. The molecule has 1 aliphatic rings. The first-order valence-electron chi connectivity index (χ1n) is 8.83. The fraction of sp³-hybridized carbons (Fsp3) is 0.0952. The van der Waals surface area contributed by atoms with Gasteiger partial charge in [0.05, 0.1) is 11.6 Å². The van der Waals surface area contributed by atoms with Crippen molar-refractivity contribution in [2.24, 2.45) is 4.99 Å². The third kappa shape index (κ3) is 3.72. The zero-order chi connectivity index (χ0) is 20.4. The zero-order valence-electron chi connectivity index (χ0n) is 15.3. The molecule has 0 saturated carbocycles. The molecule has 0 spiro atoms. The lowest BCUT2D eigenvalue weighted by molar-refractivity contribution is 0.0524. The van der Waals surface area contributed by atoms with Crippen molar-refractivity contribution in [3.8, 4) is 5.75 Å². The smallest absolute Gasteiger partial charge is 0.347 e. The lowest BCUT2D eigenvalue weighted by atomic mass is 10.1. The minimum Gasteiger partial charge on any atom is -0.504 e. The molecule has 0 unspecified atom stereocenters. The van der Waals surface area contributed by atoms with Gasteiger partial charge in [-0.2, -0.15) is 0 Å². The van der Waals surface area contributed by atoms with E-state index < -0.39 is 5.97 Å². The Balaban J connectivity index is 1.77. The molecule has 7 nitrogen and oxygen atoms in total. The predicted molar refractivity (Wildman–Crippen MR) is 111 cm³/mol. The number of anilines is 2. The van der Waals surface area contributed by atoms with Gasteiger partial charge in [0, 0.05) is 29.2 Å². The molecule has 146 valence electrons. The lowest BCUT2D eigenvalue weighted by Crippen LogP contribution is -2.06. The Bertz CT molecular complexity index is 1140. The Labute approximate surface area is 171 Å². The number of pyridine rings is 1. The van der Waals surface area contributed by atoms with Gasteiger partial charge in [0.2, 0.25) is 5.88 Å². The first-order chi connectivity index (χ1) is 14.1. The summed E-state index contributed by atoms with van der Waals surface area (Å²) in [5.74, 6) is -0.340. The van der Waals surface area contributed by atoms with Gasteiger partial charge in [-0.25, -0.2) is 14.8 Å². The number of rotatable bonds is 5. The van der Waals surface area contributed by atoms with Crippen LogP contribution < -0.4 is 5.32 Å². The van der Waals surface area contributed by atoms with Crippen LogP contribution in [0.5, 0.6) is 5.75 Å². The van der Waals surface area contributed by atoms with Crippen LogP contribution in [-0.2, 0) is 4.74 Å². The van der Waals surface area contributed by atoms with Crippen LogP contribution in [0.15, 0.2) is 52.0 Å². The monoisotopic (exact) mass is 409 g/mol. The van der Waals surface area contributed by atoms with Gasteiger partial charge >= 0.3 is 5.97 Å². The van der Waals surface area contributed by atoms with Crippen LogP contribution in [-0.4, -0.2) is 28.9 Å². The molecule has 0 bridgehead atoms. The predicted octanol–water partition coefficient (Wildman–Crippen LogP) is 5.21. The summed E-state index contributed by atoms with van der Waals surface area (Å²) >= 11 is 6.03. The van der Waals surface area contributed by atoms with Gasteiger partial charge in [0.1, 0.15) is 0 Å². The molecule has 29 heavy (non-hydrogen) atoms. The summed E-state index contributed by atoms with van der Waals surface area (Å²) in [7, 11) is 0. The SMILES string of the molecule is CCOC(=O)c1c(Nc2ccccc2)oc(/C=C2\C=Nc3ncc(Cl)cc32)c1O. The molecule has 2 N–H and O–H groups in total. The quantitative estimate of drug-likeness (QED) is 0.561. The zero-order valence-corrected chi connectivity index (χ0v) is 16.1. The minimum atomic E-state index is -0.693. The summed E-state index contributed by atoms with van der Waals surface area (Å²) in [5.41, 5.74) is 1.95. The van der Waals surface area contributed by atoms with Crippen molar-refractivity contribution in [1.29, 1.82) is 0 Å². The molecule has 2 aromatic heterocycles. The van der Waals surface area contributed by atoms with Crippen molar-refractivity contribution < 1.29 is 19.1 Å². The van der Waals surface area contributed by atoms with Crippen LogP contribution in [0.25, 0.3) is 11.6 Å². The Morgan fingerprint density at radius 3 is 2.90 bits per heavy atom. The fourth-order valence-electron chi connectivity index (χ4n) is 2.87. The van der Waals surface area contributed by atoms with E-state index in [-0.39, 0.29) is 29.6 Å². The number of allylic oxidation sites excluding steroid dienone is 1. The number of esters is 1. The van der Waals surface area contributed by atoms with Crippen LogP contribution in [0.4, 0.5) is 17.4 Å². The number of nitrogens with zero attached hydrogens (tertiary/aromatic N) is 2. The van der Waals surface area contributed by atoms with Crippen LogP contribution in [0.2, 0.25) is 5.02 Å². The standard InChI is InChI=1S/C21H16ClN3O4/c1-2-28-21(27)17-18(26)16(29-20(17)25-14-6-4-3-5-7-14)8-12-10-23-19-15(12)9-13(22)11-24-19/h3-11,25-26H,2H2,1H3/b12-8+. The van der Waals surface area contributed by atoms with Crippen LogP contribution >= 0.6 is 11.6 Å². The number of halogens is 1. The van der Waals surface area contributed by atoms with Crippen molar-refractivity contribution in [1.82, 2.24) is 4.98 Å². The van der Waals surface area contributed by atoms with Gasteiger partial charge in [-0.05, 0) is 31.2 Å². The van der Waals surface area contributed by atoms with Crippen molar-refractivity contribution in [2.75, 3.05) is 11.9 Å². The minimum absolute atomic E-state index is 0.0815. The molecule has 0 saturated heterocycles. The number of nitrogens with one attached hydrogen (secondary N) is 1. The van der Waals surface area contributed by atoms with Crippen molar-refractivity contribution in [3.63, 3.8) is 0 Å². The third-order valence-electron chi connectivity index (χ3n) is 4.18. The Morgan fingerprint density at radius 1 is 1.34 bits per heavy atom. The molecule has 0 aliphatic carbocycles. The molecule has 0 fully saturated rings. The van der Waals surface area contributed by atoms with Crippen molar-refractivity contribution >= 4 is 52.8 Å². The highest BCUT2D eigenvalue weighted by Gasteiger charge is 2.27. The first-order valence-corrected chi connectivity index (χ1v) is 9.21. The molecule has 3 heterocycles. The molecule has 0 radical (unpaired) electrons. The number of carbonyl (C=O) groups is 1. The second-order valence-corrected chi connectivity index (χ2v) is 6.55. The van der Waals surface area contributed by atoms with E-state index in [9.17, 15) is 9.90 Å². The normalized spacial score (nSPS) is 13.5. The van der Waals surface area contributed by atoms with E-state index in [0.29, 0.717) is 27.7 Å². The van der Waals surface area contributed by atoms with Crippen molar-refractivity contribution in [3.05, 3.63) is 64.5 Å². The topological polar surface area (TPSA) is 97.0 Å². The second-order valence-electron chi connectivity index (χ2n) is 6.11. The van der Waals surface area contributed by atoms with Crippen molar-refractivity contribution in [2.45, 2.75) is 6.92 Å². The second kappa shape index (κ2) is 7.81. The fourth-order valence-corrected chi connectivity index (χ4v) is 3.03. The van der Waals surface area contributed by atoms with Crippen LogP contribution in [0.3, 0.4) is 0 Å². The first kappa shape index (κ1) is 18.8. The summed E-state index contributed by atoms with van der Waals surface area (Å²) in [6, 6.07) is 10.9. The van der Waals surface area contributed by atoms with E-state index in [0.717, 1.165) is 0 Å². The highest BCUT2D eigenvalue weighted by molar-refractivity contribution is 6.31. The molecular weight excluding hydrogens is 394 g/mol. The van der Waals surface area contributed by atoms with E-state index in [1.54, 1.807) is 37.4 Å². The molecule has 1 aliphatic heterocycles. The summed E-state index contributed by atoms with van der Waals surface area (Å²) in [5, 5.41) is 14.1. The molecule has 0 amide bonds. The number of aliphatic imine (C=N–C) groups is 1. The van der Waals surface area contributed by atoms with Gasteiger partial charge < -0.3 is 19.6 Å². The molecule has 3 aromatic rings. The van der Waals surface area contributed by atoms with Gasteiger partial charge in [-0.1, -0.05) is 29.8 Å². The highest BCUT2D eigenvalue weighted by Crippen LogP contribution is 2.39. The Hall–Kier alpha value is -3.58. The maximum atomic E-state index is 12.4. The highest BCUT2D eigenvalue weighted by atomic mass is 35.5. The molecule has 8 heteroatoms. The van der Waals surface area contributed by atoms with E-state index >= 15 is 0 Å². The van der Waals surface area contributed by atoms with Crippen LogP contribution in [0.1, 0.15) is 28.6 Å². The molecule has 4 rings (SSSR count). The number of hydrogen-bond acceptors (Lipinski definition) is 7. The van der Waals surface area contributed by atoms with E-state index in [4.69, 9.17) is 20.8 Å². The number of aromatic hydroxyl groups is 1. The van der Waals surface area contributed by atoms with Gasteiger partial charge in [0.15, 0.2) is 22.9 Å². The Morgan fingerprint density at radius 2 is 2.14 bits per heavy atom. The summed E-state index contributed by atoms with van der Waals surface area (Å²) in [4.78, 5) is 20.8. The average molecular weight is 410 g/mol. The summed E-state index contributed by atoms with van der Waals surface area (Å²) < 4.78 is 10.8. The van der Waals surface area contributed by atoms with E-state index in [1.807, 2.05) is 18.2 Å². The van der Waals surface area contributed by atoms with E-state index in [1.165, 1.54) is 6.20 Å². The molecule has 0 atom stereocenters. The van der Waals surface area contributed by atoms with Gasteiger partial charge in [0.25, 0.3) is 0 Å². The number of benzene rings is 1. The number of para-hydroxylation sites is 1. The number of furan rings is 1. The average Bonchev–Trinajstić information content (AvgIpc) is 3.24. The summed E-state index contributed by atoms with van der Waals surface area (Å²) in [6.45, 7) is 1.85. The number of hydrogen-bond donors (Lipinski definition) is 2. The molecule has 1 aromatic carbocycles. The third-order valence-corrected chi connectivity index (χ3v) is 4.38. The van der Waals surface area contributed by atoms with Crippen LogP contribution in [0, 0.1) is 0 Å². The number of carbonyl (C=O) groups excluding carboxylic acids is 1. The van der Waals surface area contributed by atoms with Gasteiger partial charge in [-0.3, -0.25) is 0 Å². The van der Waals surface area contributed by atoms with Gasteiger partial charge in [-0.15, -0.1) is 0 Å². The summed E-state index contributed by atoms with van der Waals surface area (Å²) in [6.07, 6.45) is 4.66. The Kier molecular flexibility index (Phi) is 5.05. The number of ether oxygens (including phenoxy) is 1. The lowest BCUT2D eigenvalue weighted by Gasteiger charge is -2.05. The number of fused-ring (bicyclic) bond motifs is 1. The molecular formula is C21H16ClN3O4. The largest absolute Gasteiger partial charge is 0.504 e. The maximum absolute atomic E-state index is 12.4. The number of aromatic nitrogens is 1. The van der Waals surface area contributed by atoms with E-state index in [2.05, 4.69) is 15.3 Å².